The van der Waals surface area contributed by atoms with E-state index in [-0.39, 0.29) is 23.1 Å². The van der Waals surface area contributed by atoms with Gasteiger partial charge in [-0.3, -0.25) is 4.79 Å². The number of carbonyl (C=O) groups is 4. The molecule has 1 fully saturated rings. The van der Waals surface area contributed by atoms with Crippen LogP contribution < -0.4 is 0 Å². The predicted molar refractivity (Wildman–Crippen MR) is 118 cm³/mol. The molecule has 0 saturated carbocycles. The molecule has 0 radical (unpaired) electrons. The van der Waals surface area contributed by atoms with Gasteiger partial charge in [-0.15, -0.1) is 0 Å². The van der Waals surface area contributed by atoms with Gasteiger partial charge in [0.1, 0.15) is 6.10 Å². The Morgan fingerprint density at radius 2 is 1.88 bits per heavy atom. The number of hydrogen-bond acceptors (Lipinski definition) is 10. The van der Waals surface area contributed by atoms with Crippen molar-refractivity contribution in [1.29, 1.82) is 0 Å². The van der Waals surface area contributed by atoms with Crippen LogP contribution in [-0.4, -0.2) is 72.2 Å². The summed E-state index contributed by atoms with van der Waals surface area (Å²) >= 11 is 0. The number of fused-ring (bicyclic) bond motifs is 1. The van der Waals surface area contributed by atoms with Crippen LogP contribution in [0.15, 0.2) is 47.6 Å². The molecule has 1 aliphatic carbocycles. The van der Waals surface area contributed by atoms with Crippen molar-refractivity contribution in [3.63, 3.8) is 0 Å². The van der Waals surface area contributed by atoms with Crippen molar-refractivity contribution in [3.8, 4) is 0 Å². The van der Waals surface area contributed by atoms with Crippen molar-refractivity contribution in [2.45, 2.75) is 51.6 Å². The Balaban J connectivity index is 2.80. The number of rotatable bonds is 6. The lowest BCUT2D eigenvalue weighted by Gasteiger charge is -2.34. The third kappa shape index (κ3) is 6.00. The second-order valence-electron chi connectivity index (χ2n) is 8.45. The molecule has 2 aliphatic rings. The van der Waals surface area contributed by atoms with Gasteiger partial charge in [0, 0.05) is 17.6 Å². The molecule has 0 aromatic carbocycles. The minimum Gasteiger partial charge on any atom is -0.466 e. The Morgan fingerprint density at radius 1 is 1.24 bits per heavy atom. The lowest BCUT2D eigenvalue weighted by atomic mass is 9.83. The molecule has 5 atom stereocenters. The maximum absolute atomic E-state index is 12.8. The van der Waals surface area contributed by atoms with Gasteiger partial charge in [0.15, 0.2) is 12.2 Å². The maximum Gasteiger partial charge on any atom is 0.337 e. The summed E-state index contributed by atoms with van der Waals surface area (Å²) in [6.45, 7) is 11.3. The van der Waals surface area contributed by atoms with Crippen LogP contribution in [0.1, 0.15) is 27.2 Å². The highest BCUT2D eigenvalue weighted by Gasteiger charge is 2.51. The summed E-state index contributed by atoms with van der Waals surface area (Å²) in [6.07, 6.45) is -3.07. The quantitative estimate of drug-likeness (QED) is 0.245. The first-order valence-electron chi connectivity index (χ1n) is 10.7. The SMILES string of the molecule is C=C(C)C(=O)O[C@@H]1/C(C(=O)OC)=C\[C@H](O)C/C(CO)=C\[C@H]2OC(=O)C(=C)[C@@H]2[C@@H]1OC(=O)C(C)C. The van der Waals surface area contributed by atoms with Crippen LogP contribution in [0.2, 0.25) is 0 Å². The Morgan fingerprint density at radius 3 is 2.41 bits per heavy atom. The lowest BCUT2D eigenvalue weighted by Crippen LogP contribution is -2.47. The smallest absolute Gasteiger partial charge is 0.337 e. The van der Waals surface area contributed by atoms with Gasteiger partial charge in [0.25, 0.3) is 0 Å². The van der Waals surface area contributed by atoms with Crippen molar-refractivity contribution in [1.82, 2.24) is 0 Å². The number of hydrogen-bond donors (Lipinski definition) is 2. The molecule has 1 heterocycles. The first-order valence-corrected chi connectivity index (χ1v) is 10.7. The molecule has 0 unspecified atom stereocenters. The van der Waals surface area contributed by atoms with Gasteiger partial charge in [0.2, 0.25) is 0 Å². The van der Waals surface area contributed by atoms with Gasteiger partial charge in [0.05, 0.1) is 37.2 Å². The summed E-state index contributed by atoms with van der Waals surface area (Å²) in [4.78, 5) is 50.4. The number of aliphatic hydroxyl groups excluding tert-OH is 2. The van der Waals surface area contributed by atoms with Crippen molar-refractivity contribution in [3.05, 3.63) is 47.6 Å². The van der Waals surface area contributed by atoms with E-state index in [1.165, 1.54) is 13.0 Å². The van der Waals surface area contributed by atoms with Gasteiger partial charge < -0.3 is 29.2 Å². The number of aliphatic hydroxyl groups is 2. The zero-order valence-corrected chi connectivity index (χ0v) is 19.6. The first kappa shape index (κ1) is 27.0. The van der Waals surface area contributed by atoms with E-state index in [1.807, 2.05) is 0 Å². The van der Waals surface area contributed by atoms with Gasteiger partial charge >= 0.3 is 23.9 Å². The van der Waals surface area contributed by atoms with E-state index in [0.717, 1.165) is 13.2 Å². The summed E-state index contributed by atoms with van der Waals surface area (Å²) in [5.41, 5.74) is -0.109. The van der Waals surface area contributed by atoms with Crippen LogP contribution in [0.25, 0.3) is 0 Å². The van der Waals surface area contributed by atoms with E-state index in [9.17, 15) is 29.4 Å². The van der Waals surface area contributed by atoms with E-state index < -0.39 is 66.7 Å². The zero-order chi connectivity index (χ0) is 25.7. The topological polar surface area (TPSA) is 146 Å². The van der Waals surface area contributed by atoms with Gasteiger partial charge in [-0.2, -0.15) is 0 Å². The van der Waals surface area contributed by atoms with Crippen LogP contribution in [0.5, 0.6) is 0 Å². The van der Waals surface area contributed by atoms with Crippen LogP contribution in [-0.2, 0) is 38.1 Å². The predicted octanol–water partition coefficient (Wildman–Crippen LogP) is 0.923. The molecule has 2 rings (SSSR count). The van der Waals surface area contributed by atoms with E-state index >= 15 is 0 Å². The summed E-state index contributed by atoms with van der Waals surface area (Å²) < 4.78 is 21.4. The average molecular weight is 478 g/mol. The maximum atomic E-state index is 12.8. The molecule has 0 bridgehead atoms. The Hall–Kier alpha value is -3.24. The molecule has 1 aliphatic heterocycles. The second-order valence-corrected chi connectivity index (χ2v) is 8.45. The molecule has 0 spiro atoms. The monoisotopic (exact) mass is 478 g/mol. The first-order chi connectivity index (χ1) is 15.9. The molecule has 10 heteroatoms. The number of methoxy groups -OCH3 is 1. The van der Waals surface area contributed by atoms with Crippen molar-refractivity contribution in [2.24, 2.45) is 11.8 Å². The molecule has 0 aromatic heterocycles. The summed E-state index contributed by atoms with van der Waals surface area (Å²) in [7, 11) is 1.09. The fourth-order valence-electron chi connectivity index (χ4n) is 3.60. The molecule has 10 nitrogen and oxygen atoms in total. The normalized spacial score (nSPS) is 30.1. The standard InChI is InChI=1S/C24H30O10/c1-11(2)21(27)33-19-16(24(30)31-6)9-15(26)7-14(10-25)8-17-18(13(5)23(29)32-17)20(19)34-22(28)12(3)4/h8-9,12,15,17-20,25-26H,1,5,7,10H2,2-4,6H3/b14-8+,16-9+/t15-,17-,18+,19-,20+/m1/s1. The largest absolute Gasteiger partial charge is 0.466 e. The fraction of sp³-hybridized carbons (Fsp3) is 0.500. The van der Waals surface area contributed by atoms with E-state index in [2.05, 4.69) is 13.2 Å². The molecule has 0 amide bonds. The van der Waals surface area contributed by atoms with Gasteiger partial charge in [-0.25, -0.2) is 14.4 Å². The van der Waals surface area contributed by atoms with E-state index in [1.54, 1.807) is 13.8 Å². The van der Waals surface area contributed by atoms with Crippen LogP contribution in [0.4, 0.5) is 0 Å². The minimum absolute atomic E-state index is 0.00705. The third-order valence-electron chi connectivity index (χ3n) is 5.39. The molecular weight excluding hydrogens is 448 g/mol. The fourth-order valence-corrected chi connectivity index (χ4v) is 3.60. The molecule has 34 heavy (non-hydrogen) atoms. The van der Waals surface area contributed by atoms with Crippen LogP contribution in [0, 0.1) is 11.8 Å². The van der Waals surface area contributed by atoms with Crippen LogP contribution >= 0.6 is 0 Å². The van der Waals surface area contributed by atoms with Crippen LogP contribution in [0.3, 0.4) is 0 Å². The van der Waals surface area contributed by atoms with Crippen molar-refractivity contribution in [2.75, 3.05) is 13.7 Å². The average Bonchev–Trinajstić information content (AvgIpc) is 3.05. The highest BCUT2D eigenvalue weighted by atomic mass is 16.6. The summed E-state index contributed by atoms with van der Waals surface area (Å²) in [5, 5.41) is 20.3. The number of esters is 4. The van der Waals surface area contributed by atoms with Gasteiger partial charge in [-0.05, 0) is 24.6 Å². The molecule has 0 aromatic rings. The summed E-state index contributed by atoms with van der Waals surface area (Å²) in [6, 6.07) is 0. The van der Waals surface area contributed by atoms with E-state index in [0.29, 0.717) is 5.57 Å². The zero-order valence-electron chi connectivity index (χ0n) is 19.6. The minimum atomic E-state index is -1.60. The number of carbonyl (C=O) groups excluding carboxylic acids is 4. The van der Waals surface area contributed by atoms with E-state index in [4.69, 9.17) is 18.9 Å². The lowest BCUT2D eigenvalue weighted by molar-refractivity contribution is -0.171. The Kier molecular flexibility index (Phi) is 8.94. The molecular formula is C24H30O10. The highest BCUT2D eigenvalue weighted by molar-refractivity contribution is 5.94. The molecule has 186 valence electrons. The third-order valence-corrected chi connectivity index (χ3v) is 5.39. The highest BCUT2D eigenvalue weighted by Crippen LogP contribution is 2.38. The summed E-state index contributed by atoms with van der Waals surface area (Å²) in [5.74, 6) is -5.06. The van der Waals surface area contributed by atoms with Crippen molar-refractivity contribution < 1.29 is 48.3 Å². The van der Waals surface area contributed by atoms with Gasteiger partial charge in [-0.1, -0.05) is 27.0 Å². The Labute approximate surface area is 197 Å². The molecule has 2 N–H and O–H groups in total. The Bertz CT molecular complexity index is 941. The number of ether oxygens (including phenoxy) is 4. The second kappa shape index (κ2) is 11.3. The van der Waals surface area contributed by atoms with Crippen molar-refractivity contribution >= 4 is 23.9 Å². The molecule has 1 saturated heterocycles.